The lowest BCUT2D eigenvalue weighted by Gasteiger charge is -2.34. The zero-order chi connectivity index (χ0) is 18.2. The van der Waals surface area contributed by atoms with E-state index in [4.69, 9.17) is 10.3 Å². The second-order valence-corrected chi connectivity index (χ2v) is 9.21. The van der Waals surface area contributed by atoms with Gasteiger partial charge in [0.2, 0.25) is 10.0 Å². The molecule has 0 spiro atoms. The Morgan fingerprint density at radius 2 is 1.65 bits per heavy atom. The molecular formula is C18H24N4O3S. The summed E-state index contributed by atoms with van der Waals surface area (Å²) in [5.41, 5.74) is 6.44. The van der Waals surface area contributed by atoms with Gasteiger partial charge in [-0.05, 0) is 56.4 Å². The van der Waals surface area contributed by atoms with Gasteiger partial charge < -0.3 is 10.3 Å². The molecular weight excluding hydrogens is 352 g/mol. The molecule has 0 amide bonds. The van der Waals surface area contributed by atoms with E-state index in [1.807, 2.05) is 0 Å². The fourth-order valence-electron chi connectivity index (χ4n) is 3.52. The van der Waals surface area contributed by atoms with Gasteiger partial charge in [-0.3, -0.25) is 0 Å². The Kier molecular flexibility index (Phi) is 4.58. The number of benzene rings is 1. The van der Waals surface area contributed by atoms with E-state index in [0.29, 0.717) is 35.3 Å². The van der Waals surface area contributed by atoms with Crippen molar-refractivity contribution in [2.75, 3.05) is 13.1 Å². The maximum atomic E-state index is 12.8. The summed E-state index contributed by atoms with van der Waals surface area (Å²) in [6.07, 6.45) is 6.81. The minimum Gasteiger partial charge on any atom is -0.334 e. The second-order valence-electron chi connectivity index (χ2n) is 7.28. The molecule has 1 aliphatic carbocycles. The first-order valence-electron chi connectivity index (χ1n) is 9.23. The van der Waals surface area contributed by atoms with Crippen molar-refractivity contribution < 1.29 is 12.9 Å². The number of rotatable bonds is 4. The predicted octanol–water partition coefficient (Wildman–Crippen LogP) is 2.64. The topological polar surface area (TPSA) is 102 Å². The van der Waals surface area contributed by atoms with Crippen LogP contribution in [0.3, 0.4) is 0 Å². The third kappa shape index (κ3) is 3.17. The Morgan fingerprint density at radius 3 is 2.23 bits per heavy atom. The summed E-state index contributed by atoms with van der Waals surface area (Å²) < 4.78 is 32.6. The number of nitrogens with zero attached hydrogens (tertiary/aromatic N) is 3. The molecule has 0 unspecified atom stereocenters. The van der Waals surface area contributed by atoms with Gasteiger partial charge in [0.25, 0.3) is 5.89 Å². The Morgan fingerprint density at radius 1 is 1.00 bits per heavy atom. The Hall–Kier alpha value is -1.77. The van der Waals surface area contributed by atoms with Crippen LogP contribution in [0.2, 0.25) is 0 Å². The lowest BCUT2D eigenvalue weighted by Crippen LogP contribution is -2.44. The van der Waals surface area contributed by atoms with Gasteiger partial charge in [-0.15, -0.1) is 0 Å². The van der Waals surface area contributed by atoms with Crippen LogP contribution in [-0.2, 0) is 15.6 Å². The average molecular weight is 376 g/mol. The maximum absolute atomic E-state index is 12.8. The van der Waals surface area contributed by atoms with Crippen molar-refractivity contribution >= 4 is 10.0 Å². The molecule has 2 aliphatic rings. The van der Waals surface area contributed by atoms with Crippen LogP contribution in [0.15, 0.2) is 33.7 Å². The molecule has 1 aliphatic heterocycles. The summed E-state index contributed by atoms with van der Waals surface area (Å²) in [6.45, 7) is 1.19. The number of nitrogens with two attached hydrogens (primary N) is 1. The summed E-state index contributed by atoms with van der Waals surface area (Å²) >= 11 is 0. The van der Waals surface area contributed by atoms with Crippen molar-refractivity contribution in [2.24, 2.45) is 5.73 Å². The second kappa shape index (κ2) is 6.75. The fourth-order valence-corrected chi connectivity index (χ4v) is 5.04. The smallest absolute Gasteiger partial charge is 0.257 e. The molecule has 7 nitrogen and oxygen atoms in total. The Bertz CT molecular complexity index is 864. The number of sulfonamides is 1. The lowest BCUT2D eigenvalue weighted by atomic mass is 9.77. The van der Waals surface area contributed by atoms with E-state index >= 15 is 0 Å². The van der Waals surface area contributed by atoms with Crippen molar-refractivity contribution in [2.45, 2.75) is 55.4 Å². The zero-order valence-corrected chi connectivity index (χ0v) is 15.5. The van der Waals surface area contributed by atoms with Crippen LogP contribution in [0, 0.1) is 0 Å². The molecule has 0 atom stereocenters. The van der Waals surface area contributed by atoms with Crippen LogP contribution < -0.4 is 5.73 Å². The van der Waals surface area contributed by atoms with Crippen LogP contribution in [0.25, 0.3) is 11.5 Å². The SMILES string of the molecule is NC1(c2noc(-c3ccc(S(=O)(=O)N4CCCCCC4)cc3)n2)CCC1. The zero-order valence-electron chi connectivity index (χ0n) is 14.7. The van der Waals surface area contributed by atoms with Crippen molar-refractivity contribution in [3.63, 3.8) is 0 Å². The molecule has 8 heteroatoms. The average Bonchev–Trinajstić information content (AvgIpc) is 2.94. The van der Waals surface area contributed by atoms with Gasteiger partial charge in [-0.2, -0.15) is 9.29 Å². The van der Waals surface area contributed by atoms with Gasteiger partial charge in [0.1, 0.15) is 0 Å². The number of hydrogen-bond acceptors (Lipinski definition) is 6. The van der Waals surface area contributed by atoms with E-state index in [0.717, 1.165) is 44.9 Å². The van der Waals surface area contributed by atoms with Crippen LogP contribution in [0.1, 0.15) is 50.8 Å². The highest BCUT2D eigenvalue weighted by Crippen LogP contribution is 2.37. The van der Waals surface area contributed by atoms with Crippen molar-refractivity contribution in [1.82, 2.24) is 14.4 Å². The molecule has 1 saturated heterocycles. The first kappa shape index (κ1) is 17.6. The molecule has 0 bridgehead atoms. The highest BCUT2D eigenvalue weighted by atomic mass is 32.2. The first-order chi connectivity index (χ1) is 12.5. The van der Waals surface area contributed by atoms with E-state index in [9.17, 15) is 8.42 Å². The van der Waals surface area contributed by atoms with Crippen LogP contribution >= 0.6 is 0 Å². The summed E-state index contributed by atoms with van der Waals surface area (Å²) in [5.74, 6) is 0.899. The summed E-state index contributed by atoms with van der Waals surface area (Å²) in [6, 6.07) is 6.65. The molecule has 2 N–H and O–H groups in total. The minimum atomic E-state index is -3.45. The molecule has 2 heterocycles. The van der Waals surface area contributed by atoms with Crippen LogP contribution in [0.4, 0.5) is 0 Å². The molecule has 4 rings (SSSR count). The van der Waals surface area contributed by atoms with Crippen molar-refractivity contribution in [3.05, 3.63) is 30.1 Å². The highest BCUT2D eigenvalue weighted by Gasteiger charge is 2.39. The van der Waals surface area contributed by atoms with Crippen molar-refractivity contribution in [3.8, 4) is 11.5 Å². The molecule has 2 aromatic rings. The van der Waals surface area contributed by atoms with E-state index in [1.165, 1.54) is 0 Å². The largest absolute Gasteiger partial charge is 0.334 e. The lowest BCUT2D eigenvalue weighted by molar-refractivity contribution is 0.229. The van der Waals surface area contributed by atoms with Crippen LogP contribution in [-0.4, -0.2) is 36.0 Å². The van der Waals surface area contributed by atoms with E-state index < -0.39 is 15.6 Å². The van der Waals surface area contributed by atoms with Gasteiger partial charge in [0.05, 0.1) is 10.4 Å². The third-order valence-electron chi connectivity index (χ3n) is 5.42. The van der Waals surface area contributed by atoms with Crippen LogP contribution in [0.5, 0.6) is 0 Å². The summed E-state index contributed by atoms with van der Waals surface area (Å²) in [5, 5.41) is 4.00. The predicted molar refractivity (Wildman–Crippen MR) is 96.7 cm³/mol. The Labute approximate surface area is 153 Å². The maximum Gasteiger partial charge on any atom is 0.257 e. The van der Waals surface area contributed by atoms with E-state index in [-0.39, 0.29) is 0 Å². The Balaban J connectivity index is 1.55. The number of aromatic nitrogens is 2. The highest BCUT2D eigenvalue weighted by molar-refractivity contribution is 7.89. The molecule has 2 fully saturated rings. The van der Waals surface area contributed by atoms with E-state index in [1.54, 1.807) is 28.6 Å². The summed E-state index contributed by atoms with van der Waals surface area (Å²) in [4.78, 5) is 4.71. The molecule has 26 heavy (non-hydrogen) atoms. The molecule has 1 saturated carbocycles. The van der Waals surface area contributed by atoms with Gasteiger partial charge in [0, 0.05) is 18.7 Å². The molecule has 1 aromatic heterocycles. The number of hydrogen-bond donors (Lipinski definition) is 1. The standard InChI is InChI=1S/C18H24N4O3S/c19-18(10-5-11-18)17-20-16(25-21-17)14-6-8-15(9-7-14)26(23,24)22-12-3-1-2-4-13-22/h6-9H,1-5,10-13,19H2. The fraction of sp³-hybridized carbons (Fsp3) is 0.556. The first-order valence-corrected chi connectivity index (χ1v) is 10.7. The van der Waals surface area contributed by atoms with Crippen molar-refractivity contribution in [1.29, 1.82) is 0 Å². The molecule has 140 valence electrons. The van der Waals surface area contributed by atoms with E-state index in [2.05, 4.69) is 10.1 Å². The molecule has 1 aromatic carbocycles. The minimum absolute atomic E-state index is 0.303. The van der Waals surface area contributed by atoms with Gasteiger partial charge in [-0.1, -0.05) is 18.0 Å². The van der Waals surface area contributed by atoms with Gasteiger partial charge in [-0.25, -0.2) is 8.42 Å². The van der Waals surface area contributed by atoms with Gasteiger partial charge in [0.15, 0.2) is 5.82 Å². The third-order valence-corrected chi connectivity index (χ3v) is 7.33. The normalized spacial score (nSPS) is 21.1. The molecule has 0 radical (unpaired) electrons. The van der Waals surface area contributed by atoms with Gasteiger partial charge >= 0.3 is 0 Å². The summed E-state index contributed by atoms with van der Waals surface area (Å²) in [7, 11) is -3.45. The monoisotopic (exact) mass is 376 g/mol. The quantitative estimate of drug-likeness (QED) is 0.880.